The molecular formula is C15H15NOS. The number of Topliss-reactive ketones (excluding diaryl/α,β-unsaturated/α-hetero) is 1. The standard InChI is InChI=1S/C15H15NOS/c17-10-5-7-16-8-6-12-11-3-1-2-4-14(11)18-15(12)13(16)9-10/h1-4,13H,5-9H2/t13-/m0/s1. The minimum atomic E-state index is 0.368. The Morgan fingerprint density at radius 1 is 1.17 bits per heavy atom. The number of carbonyl (C=O) groups is 1. The van der Waals surface area contributed by atoms with Gasteiger partial charge >= 0.3 is 0 Å². The summed E-state index contributed by atoms with van der Waals surface area (Å²) in [5, 5.41) is 1.41. The maximum atomic E-state index is 11.7. The van der Waals surface area contributed by atoms with E-state index in [0.29, 0.717) is 11.8 Å². The minimum absolute atomic E-state index is 0.368. The number of hydrogen-bond acceptors (Lipinski definition) is 3. The molecule has 2 nitrogen and oxygen atoms in total. The van der Waals surface area contributed by atoms with E-state index in [4.69, 9.17) is 0 Å². The van der Waals surface area contributed by atoms with Gasteiger partial charge in [0.2, 0.25) is 0 Å². The second-order valence-electron chi connectivity index (χ2n) is 5.24. The van der Waals surface area contributed by atoms with Crippen LogP contribution >= 0.6 is 11.3 Å². The maximum Gasteiger partial charge on any atom is 0.136 e. The van der Waals surface area contributed by atoms with Crippen molar-refractivity contribution in [3.8, 4) is 0 Å². The highest BCUT2D eigenvalue weighted by Crippen LogP contribution is 2.43. The van der Waals surface area contributed by atoms with E-state index in [0.717, 1.165) is 32.4 Å². The fraction of sp³-hybridized carbons (Fsp3) is 0.400. The molecule has 0 aliphatic carbocycles. The summed E-state index contributed by atoms with van der Waals surface area (Å²) in [4.78, 5) is 15.7. The zero-order valence-electron chi connectivity index (χ0n) is 10.2. The van der Waals surface area contributed by atoms with Gasteiger partial charge in [0.25, 0.3) is 0 Å². The molecule has 1 atom stereocenters. The topological polar surface area (TPSA) is 20.3 Å². The van der Waals surface area contributed by atoms with Crippen molar-refractivity contribution in [2.75, 3.05) is 13.1 Å². The quantitative estimate of drug-likeness (QED) is 0.722. The van der Waals surface area contributed by atoms with E-state index in [1.165, 1.54) is 20.5 Å². The van der Waals surface area contributed by atoms with Gasteiger partial charge in [0.1, 0.15) is 5.78 Å². The molecule has 0 bridgehead atoms. The van der Waals surface area contributed by atoms with Gasteiger partial charge in [-0.25, -0.2) is 0 Å². The number of thiophene rings is 1. The first-order chi connectivity index (χ1) is 8.83. The fourth-order valence-corrected chi connectivity index (χ4v) is 4.69. The lowest BCUT2D eigenvalue weighted by Crippen LogP contribution is -2.40. The number of nitrogens with zero attached hydrogens (tertiary/aromatic N) is 1. The number of piperidine rings is 1. The predicted octanol–water partition coefficient (Wildman–Crippen LogP) is 3.16. The number of fused-ring (bicyclic) bond motifs is 5. The molecular weight excluding hydrogens is 242 g/mol. The van der Waals surface area contributed by atoms with Crippen molar-refractivity contribution in [2.24, 2.45) is 0 Å². The molecule has 1 aromatic heterocycles. The predicted molar refractivity (Wildman–Crippen MR) is 74.1 cm³/mol. The van der Waals surface area contributed by atoms with E-state index in [2.05, 4.69) is 29.2 Å². The molecule has 2 aliphatic rings. The van der Waals surface area contributed by atoms with Crippen molar-refractivity contribution < 1.29 is 4.79 Å². The third-order valence-electron chi connectivity index (χ3n) is 4.22. The number of hydrogen-bond donors (Lipinski definition) is 0. The van der Waals surface area contributed by atoms with E-state index in [-0.39, 0.29) is 0 Å². The van der Waals surface area contributed by atoms with E-state index in [1.807, 2.05) is 11.3 Å². The van der Waals surface area contributed by atoms with Gasteiger partial charge in [0.15, 0.2) is 0 Å². The lowest BCUT2D eigenvalue weighted by atomic mass is 9.91. The molecule has 1 aromatic carbocycles. The lowest BCUT2D eigenvalue weighted by Gasteiger charge is -2.38. The van der Waals surface area contributed by atoms with Crippen LogP contribution in [0.5, 0.6) is 0 Å². The second-order valence-corrected chi connectivity index (χ2v) is 6.32. The monoisotopic (exact) mass is 257 g/mol. The highest BCUT2D eigenvalue weighted by Gasteiger charge is 2.34. The molecule has 18 heavy (non-hydrogen) atoms. The van der Waals surface area contributed by atoms with Crippen molar-refractivity contribution in [3.63, 3.8) is 0 Å². The number of carbonyl (C=O) groups excluding carboxylic acids is 1. The van der Waals surface area contributed by atoms with Crippen molar-refractivity contribution in [3.05, 3.63) is 34.7 Å². The highest BCUT2D eigenvalue weighted by atomic mass is 32.1. The normalized spacial score (nSPS) is 24.0. The van der Waals surface area contributed by atoms with Crippen molar-refractivity contribution in [1.82, 2.24) is 4.90 Å². The second kappa shape index (κ2) is 3.90. The van der Waals surface area contributed by atoms with Crippen LogP contribution in [0.15, 0.2) is 24.3 Å². The van der Waals surface area contributed by atoms with Gasteiger partial charge in [-0.05, 0) is 23.4 Å². The van der Waals surface area contributed by atoms with Crippen LogP contribution in [0.2, 0.25) is 0 Å². The molecule has 0 saturated carbocycles. The summed E-state index contributed by atoms with van der Waals surface area (Å²) in [7, 11) is 0. The molecule has 4 rings (SSSR count). The summed E-state index contributed by atoms with van der Waals surface area (Å²) in [6.45, 7) is 2.07. The Morgan fingerprint density at radius 3 is 2.94 bits per heavy atom. The van der Waals surface area contributed by atoms with Crippen LogP contribution in [-0.4, -0.2) is 23.8 Å². The molecule has 2 aromatic rings. The van der Waals surface area contributed by atoms with Gasteiger partial charge < -0.3 is 0 Å². The lowest BCUT2D eigenvalue weighted by molar-refractivity contribution is -0.123. The average Bonchev–Trinajstić information content (AvgIpc) is 2.78. The summed E-state index contributed by atoms with van der Waals surface area (Å²) in [6.07, 6.45) is 2.61. The summed E-state index contributed by atoms with van der Waals surface area (Å²) < 4.78 is 1.38. The Bertz CT molecular complexity index is 630. The first-order valence-electron chi connectivity index (χ1n) is 6.59. The van der Waals surface area contributed by atoms with Crippen LogP contribution in [0.25, 0.3) is 10.1 Å². The first kappa shape index (κ1) is 10.7. The summed E-state index contributed by atoms with van der Waals surface area (Å²) in [5.41, 5.74) is 1.51. The van der Waals surface area contributed by atoms with Crippen molar-refractivity contribution >= 4 is 27.2 Å². The highest BCUT2D eigenvalue weighted by molar-refractivity contribution is 7.19. The number of rotatable bonds is 0. The molecule has 1 saturated heterocycles. The summed E-state index contributed by atoms with van der Waals surface area (Å²) in [6, 6.07) is 9.02. The van der Waals surface area contributed by atoms with E-state index >= 15 is 0 Å². The molecule has 0 N–H and O–H groups in total. The van der Waals surface area contributed by atoms with Crippen LogP contribution in [0.3, 0.4) is 0 Å². The van der Waals surface area contributed by atoms with Gasteiger partial charge in [0, 0.05) is 35.5 Å². The molecule has 3 heterocycles. The SMILES string of the molecule is O=C1CCN2CCc3c(sc4ccccc34)[C@@H]2C1. The van der Waals surface area contributed by atoms with Gasteiger partial charge in [-0.15, -0.1) is 11.3 Å². The molecule has 0 amide bonds. The van der Waals surface area contributed by atoms with Crippen molar-refractivity contribution in [1.29, 1.82) is 0 Å². The molecule has 2 aliphatic heterocycles. The Hall–Kier alpha value is -1.19. The van der Waals surface area contributed by atoms with Crippen molar-refractivity contribution in [2.45, 2.75) is 25.3 Å². The molecule has 1 fully saturated rings. The zero-order valence-corrected chi connectivity index (χ0v) is 11.0. The Morgan fingerprint density at radius 2 is 2.00 bits per heavy atom. The van der Waals surface area contributed by atoms with Crippen LogP contribution in [-0.2, 0) is 11.2 Å². The van der Waals surface area contributed by atoms with E-state index in [9.17, 15) is 4.79 Å². The molecule has 0 radical (unpaired) electrons. The smallest absolute Gasteiger partial charge is 0.136 e. The van der Waals surface area contributed by atoms with Gasteiger partial charge in [-0.3, -0.25) is 9.69 Å². The van der Waals surface area contributed by atoms with Crippen LogP contribution < -0.4 is 0 Å². The van der Waals surface area contributed by atoms with Crippen LogP contribution in [0.1, 0.15) is 29.3 Å². The van der Waals surface area contributed by atoms with E-state index in [1.54, 1.807) is 0 Å². The Balaban J connectivity index is 1.88. The largest absolute Gasteiger partial charge is 0.300 e. The average molecular weight is 257 g/mol. The first-order valence-corrected chi connectivity index (χ1v) is 7.40. The van der Waals surface area contributed by atoms with Gasteiger partial charge in [0.05, 0.1) is 6.04 Å². The molecule has 0 unspecified atom stereocenters. The van der Waals surface area contributed by atoms with Crippen LogP contribution in [0.4, 0.5) is 0 Å². The Labute approximate surface area is 110 Å². The number of benzene rings is 1. The fourth-order valence-electron chi connectivity index (χ4n) is 3.30. The third-order valence-corrected chi connectivity index (χ3v) is 5.54. The summed E-state index contributed by atoms with van der Waals surface area (Å²) in [5.74, 6) is 0.432. The molecule has 3 heteroatoms. The van der Waals surface area contributed by atoms with Gasteiger partial charge in [-0.1, -0.05) is 18.2 Å². The zero-order chi connectivity index (χ0) is 12.1. The Kier molecular flexibility index (Phi) is 2.32. The van der Waals surface area contributed by atoms with Gasteiger partial charge in [-0.2, -0.15) is 0 Å². The molecule has 92 valence electrons. The summed E-state index contributed by atoms with van der Waals surface area (Å²) >= 11 is 1.89. The molecule has 0 spiro atoms. The number of ketones is 1. The minimum Gasteiger partial charge on any atom is -0.300 e. The van der Waals surface area contributed by atoms with E-state index < -0.39 is 0 Å². The third kappa shape index (κ3) is 1.47. The van der Waals surface area contributed by atoms with Crippen LogP contribution in [0, 0.1) is 0 Å². The maximum absolute atomic E-state index is 11.7.